The van der Waals surface area contributed by atoms with Gasteiger partial charge in [0.2, 0.25) is 0 Å². The summed E-state index contributed by atoms with van der Waals surface area (Å²) in [5, 5.41) is 12.4. The minimum atomic E-state index is -0.465. The summed E-state index contributed by atoms with van der Waals surface area (Å²) in [6.07, 6.45) is 0. The molecule has 4 nitrogen and oxygen atoms in total. The maximum absolute atomic E-state index is 14.0. The summed E-state index contributed by atoms with van der Waals surface area (Å²) in [5.74, 6) is -0.574. The van der Waals surface area contributed by atoms with Crippen LogP contribution >= 0.6 is 0 Å². The lowest BCUT2D eigenvalue weighted by Crippen LogP contribution is -2.36. The van der Waals surface area contributed by atoms with Gasteiger partial charge in [0, 0.05) is 18.2 Å². The highest BCUT2D eigenvalue weighted by Gasteiger charge is 2.14. The fraction of sp³-hybridized carbons (Fsp3) is 0.389. The molecule has 0 bridgehead atoms. The topological polar surface area (TPSA) is 54.4 Å². The molecule has 0 aliphatic rings. The van der Waals surface area contributed by atoms with Gasteiger partial charge in [0.1, 0.15) is 5.82 Å². The molecule has 0 saturated carbocycles. The number of pyridine rings is 1. The average Bonchev–Trinajstić information content (AvgIpc) is 2.57. The first-order valence-electron chi connectivity index (χ1n) is 7.79. The minimum absolute atomic E-state index is 0.0336. The molecule has 0 unspecified atom stereocenters. The van der Waals surface area contributed by atoms with E-state index in [4.69, 9.17) is 4.74 Å². The van der Waals surface area contributed by atoms with Crippen LogP contribution in [-0.4, -0.2) is 29.8 Å². The Morgan fingerprint density at radius 2 is 1.88 bits per heavy atom. The van der Waals surface area contributed by atoms with Crippen molar-refractivity contribution in [2.75, 3.05) is 13.7 Å². The van der Waals surface area contributed by atoms with Crippen LogP contribution in [0.3, 0.4) is 0 Å². The Kier molecular flexibility index (Phi) is 6.23. The smallest absolute Gasteiger partial charge is 0.165 e. The Bertz CT molecular complexity index is 693. The zero-order valence-corrected chi connectivity index (χ0v) is 14.0. The third-order valence-electron chi connectivity index (χ3n) is 3.90. The van der Waals surface area contributed by atoms with Gasteiger partial charge in [-0.3, -0.25) is 0 Å². The zero-order chi connectivity index (χ0) is 17.7. The van der Waals surface area contributed by atoms with Crippen molar-refractivity contribution in [2.45, 2.75) is 26.4 Å². The number of aliphatic hydroxyl groups is 1. The Labute approximate surface area is 140 Å². The first kappa shape index (κ1) is 18.3. The summed E-state index contributed by atoms with van der Waals surface area (Å²) in [5.41, 5.74) is 1.41. The monoisotopic (exact) mass is 336 g/mol. The van der Waals surface area contributed by atoms with E-state index in [0.29, 0.717) is 11.3 Å². The molecule has 0 aliphatic heterocycles. The van der Waals surface area contributed by atoms with Gasteiger partial charge in [-0.15, -0.1) is 0 Å². The van der Waals surface area contributed by atoms with Crippen molar-refractivity contribution in [3.63, 3.8) is 0 Å². The number of hydrogen-bond acceptors (Lipinski definition) is 4. The first-order valence-corrected chi connectivity index (χ1v) is 7.79. The molecule has 0 fully saturated rings. The van der Waals surface area contributed by atoms with E-state index >= 15 is 0 Å². The van der Waals surface area contributed by atoms with Crippen molar-refractivity contribution in [2.24, 2.45) is 5.92 Å². The summed E-state index contributed by atoms with van der Waals surface area (Å²) in [6, 6.07) is 7.12. The number of benzene rings is 1. The molecule has 130 valence electrons. The Morgan fingerprint density at radius 3 is 2.50 bits per heavy atom. The predicted molar refractivity (Wildman–Crippen MR) is 88.7 cm³/mol. The molecule has 24 heavy (non-hydrogen) atoms. The van der Waals surface area contributed by atoms with Gasteiger partial charge in [-0.05, 0) is 36.2 Å². The van der Waals surface area contributed by atoms with Crippen LogP contribution in [0.15, 0.2) is 30.3 Å². The SMILES string of the molecule is COc1cc(-c2ccc(F)c(CN[C@@H](CO)C(C)C)n2)ccc1F. The molecule has 1 atom stereocenters. The van der Waals surface area contributed by atoms with Crippen LogP contribution in [0, 0.1) is 17.6 Å². The summed E-state index contributed by atoms with van der Waals surface area (Å²) in [6.45, 7) is 4.10. The second kappa shape index (κ2) is 8.17. The third kappa shape index (κ3) is 4.27. The minimum Gasteiger partial charge on any atom is -0.494 e. The van der Waals surface area contributed by atoms with Crippen molar-refractivity contribution in [1.82, 2.24) is 10.3 Å². The van der Waals surface area contributed by atoms with E-state index in [1.807, 2.05) is 13.8 Å². The average molecular weight is 336 g/mol. The number of halogens is 2. The molecule has 1 aromatic heterocycles. The van der Waals surface area contributed by atoms with Crippen molar-refractivity contribution < 1.29 is 18.6 Å². The van der Waals surface area contributed by atoms with Gasteiger partial charge >= 0.3 is 0 Å². The molecule has 2 aromatic rings. The predicted octanol–water partition coefficient (Wildman–Crippen LogP) is 3.14. The van der Waals surface area contributed by atoms with Gasteiger partial charge in [0.15, 0.2) is 11.6 Å². The molecule has 6 heteroatoms. The van der Waals surface area contributed by atoms with Crippen LogP contribution in [-0.2, 0) is 6.54 Å². The Morgan fingerprint density at radius 1 is 1.17 bits per heavy atom. The Balaban J connectivity index is 2.25. The van der Waals surface area contributed by atoms with Crippen LogP contribution < -0.4 is 10.1 Å². The number of aliphatic hydroxyl groups excluding tert-OH is 1. The molecule has 2 N–H and O–H groups in total. The van der Waals surface area contributed by atoms with Gasteiger partial charge in [0.05, 0.1) is 25.1 Å². The molecule has 0 radical (unpaired) electrons. The number of methoxy groups -OCH3 is 1. The highest BCUT2D eigenvalue weighted by molar-refractivity contribution is 5.61. The van der Waals surface area contributed by atoms with Gasteiger partial charge in [-0.2, -0.15) is 0 Å². The molecule has 0 saturated heterocycles. The van der Waals surface area contributed by atoms with Crippen LogP contribution in [0.1, 0.15) is 19.5 Å². The number of ether oxygens (including phenoxy) is 1. The van der Waals surface area contributed by atoms with Crippen molar-refractivity contribution in [3.8, 4) is 17.0 Å². The summed E-state index contributed by atoms with van der Waals surface area (Å²) in [4.78, 5) is 4.32. The van der Waals surface area contributed by atoms with E-state index in [9.17, 15) is 13.9 Å². The summed E-state index contributed by atoms with van der Waals surface area (Å²) >= 11 is 0. The zero-order valence-electron chi connectivity index (χ0n) is 14.0. The number of aromatic nitrogens is 1. The highest BCUT2D eigenvalue weighted by Crippen LogP contribution is 2.25. The van der Waals surface area contributed by atoms with E-state index in [-0.39, 0.29) is 36.6 Å². The van der Waals surface area contributed by atoms with E-state index < -0.39 is 11.6 Å². The number of rotatable bonds is 7. The van der Waals surface area contributed by atoms with Crippen LogP contribution in [0.4, 0.5) is 8.78 Å². The van der Waals surface area contributed by atoms with Gasteiger partial charge in [-0.25, -0.2) is 13.8 Å². The lowest BCUT2D eigenvalue weighted by molar-refractivity contribution is 0.209. The second-order valence-electron chi connectivity index (χ2n) is 5.89. The number of nitrogens with zero attached hydrogens (tertiary/aromatic N) is 1. The van der Waals surface area contributed by atoms with Gasteiger partial charge in [-0.1, -0.05) is 13.8 Å². The standard InChI is InChI=1S/C18H22F2N2O2/c1-11(2)17(10-23)21-9-16-13(19)6-7-15(22-16)12-4-5-14(20)18(8-12)24-3/h4-8,11,17,21,23H,9-10H2,1-3H3/t17-/m0/s1. The molecule has 1 heterocycles. The maximum Gasteiger partial charge on any atom is 0.165 e. The Hall–Kier alpha value is -2.05. The van der Waals surface area contributed by atoms with E-state index in [2.05, 4.69) is 10.3 Å². The largest absolute Gasteiger partial charge is 0.494 e. The number of nitrogens with one attached hydrogen (secondary N) is 1. The van der Waals surface area contributed by atoms with Crippen LogP contribution in [0.5, 0.6) is 5.75 Å². The van der Waals surface area contributed by atoms with E-state index in [0.717, 1.165) is 0 Å². The molecule has 0 amide bonds. The fourth-order valence-corrected chi connectivity index (χ4v) is 2.33. The fourth-order valence-electron chi connectivity index (χ4n) is 2.33. The third-order valence-corrected chi connectivity index (χ3v) is 3.90. The number of hydrogen-bond donors (Lipinski definition) is 2. The normalized spacial score (nSPS) is 12.5. The van der Waals surface area contributed by atoms with Crippen molar-refractivity contribution >= 4 is 0 Å². The lowest BCUT2D eigenvalue weighted by atomic mass is 10.1. The molecule has 2 rings (SSSR count). The molecular weight excluding hydrogens is 314 g/mol. The molecular formula is C18H22F2N2O2. The molecule has 0 spiro atoms. The molecule has 0 aliphatic carbocycles. The quantitative estimate of drug-likeness (QED) is 0.816. The lowest BCUT2D eigenvalue weighted by Gasteiger charge is -2.20. The maximum atomic E-state index is 14.0. The molecule has 1 aromatic carbocycles. The van der Waals surface area contributed by atoms with Crippen LogP contribution in [0.25, 0.3) is 11.3 Å². The first-order chi connectivity index (χ1) is 11.5. The van der Waals surface area contributed by atoms with Crippen molar-refractivity contribution in [3.05, 3.63) is 47.7 Å². The van der Waals surface area contributed by atoms with Gasteiger partial charge in [0.25, 0.3) is 0 Å². The highest BCUT2D eigenvalue weighted by atomic mass is 19.1. The summed E-state index contributed by atoms with van der Waals surface area (Å²) < 4.78 is 32.5. The van der Waals surface area contributed by atoms with Crippen molar-refractivity contribution in [1.29, 1.82) is 0 Å². The van der Waals surface area contributed by atoms with Crippen LogP contribution in [0.2, 0.25) is 0 Å². The van der Waals surface area contributed by atoms with Gasteiger partial charge < -0.3 is 15.2 Å². The summed E-state index contributed by atoms with van der Waals surface area (Å²) in [7, 11) is 1.39. The second-order valence-corrected chi connectivity index (χ2v) is 5.89. The van der Waals surface area contributed by atoms with E-state index in [1.165, 1.54) is 31.4 Å². The van der Waals surface area contributed by atoms with E-state index in [1.54, 1.807) is 6.07 Å².